The van der Waals surface area contributed by atoms with Gasteiger partial charge in [-0.3, -0.25) is 0 Å². The van der Waals surface area contributed by atoms with Gasteiger partial charge in [0.1, 0.15) is 5.35 Å². The molecular weight excluding hydrogens is 114 g/mol. The lowest BCUT2D eigenvalue weighted by atomic mass is 10.6. The molecule has 0 radical (unpaired) electrons. The summed E-state index contributed by atoms with van der Waals surface area (Å²) in [6.45, 7) is 0. The molecular formula is C6H3N3. The maximum atomic E-state index is 3.91. The van der Waals surface area contributed by atoms with E-state index in [0.29, 0.717) is 5.49 Å². The minimum Gasteiger partial charge on any atom is -0.336 e. The van der Waals surface area contributed by atoms with Gasteiger partial charge >= 0.3 is 0 Å². The Balaban J connectivity index is 3.23. The Morgan fingerprint density at radius 3 is 3.44 bits per heavy atom. The molecule has 42 valence electrons. The largest absolute Gasteiger partial charge is 0.336 e. The third kappa shape index (κ3) is 0.533. The van der Waals surface area contributed by atoms with Crippen molar-refractivity contribution in [2.24, 2.45) is 4.99 Å². The third-order valence-electron chi connectivity index (χ3n) is 1.07. The molecule has 1 aliphatic rings. The Labute approximate surface area is 50.8 Å². The molecule has 0 saturated carbocycles. The maximum absolute atomic E-state index is 3.91. The van der Waals surface area contributed by atoms with Crippen LogP contribution < -0.4 is 10.8 Å². The molecule has 0 aliphatic carbocycles. The van der Waals surface area contributed by atoms with Crippen molar-refractivity contribution in [2.75, 3.05) is 0 Å². The van der Waals surface area contributed by atoms with E-state index < -0.39 is 0 Å². The summed E-state index contributed by atoms with van der Waals surface area (Å²) >= 11 is 0. The van der Waals surface area contributed by atoms with Gasteiger partial charge in [-0.1, -0.05) is 0 Å². The van der Waals surface area contributed by atoms with Gasteiger partial charge in [0, 0.05) is 0 Å². The molecule has 0 saturated heterocycles. The topological polar surface area (TPSA) is 41.0 Å². The van der Waals surface area contributed by atoms with Gasteiger partial charge in [-0.2, -0.15) is 0 Å². The highest BCUT2D eigenvalue weighted by atomic mass is 14.9. The molecule has 0 fully saturated rings. The molecule has 1 N–H and O–H groups in total. The first-order chi connectivity index (χ1) is 4.47. The second-order valence-corrected chi connectivity index (χ2v) is 1.63. The average molecular weight is 117 g/mol. The van der Waals surface area contributed by atoms with E-state index in [0.717, 1.165) is 5.35 Å². The summed E-state index contributed by atoms with van der Waals surface area (Å²) in [5.41, 5.74) is 6.23. The highest BCUT2D eigenvalue weighted by molar-refractivity contribution is 5.16. The van der Waals surface area contributed by atoms with Gasteiger partial charge in [0.25, 0.3) is 0 Å². The normalized spacial score (nSPS) is 12.0. The quantitative estimate of drug-likeness (QED) is 0.439. The maximum Gasteiger partial charge on any atom is 0.186 e. The summed E-state index contributed by atoms with van der Waals surface area (Å²) in [6, 6.07) is 0. The summed E-state index contributed by atoms with van der Waals surface area (Å²) < 4.78 is 0. The number of aromatic amines is 1. The first-order valence-corrected chi connectivity index (χ1v) is 2.54. The van der Waals surface area contributed by atoms with E-state index in [1.54, 1.807) is 12.5 Å². The Hall–Kier alpha value is -1.56. The molecule has 1 aromatic rings. The molecule has 1 aliphatic heterocycles. The summed E-state index contributed by atoms with van der Waals surface area (Å²) in [7, 11) is 0. The smallest absolute Gasteiger partial charge is 0.186 e. The molecule has 0 atom stereocenters. The lowest BCUT2D eigenvalue weighted by Gasteiger charge is -1.72. The molecule has 0 bridgehead atoms. The van der Waals surface area contributed by atoms with E-state index in [4.69, 9.17) is 0 Å². The first kappa shape index (κ1) is 4.33. The molecule has 0 unspecified atom stereocenters. The molecule has 0 aromatic carbocycles. The van der Waals surface area contributed by atoms with E-state index in [-0.39, 0.29) is 0 Å². The predicted molar refractivity (Wildman–Crippen MR) is 30.9 cm³/mol. The highest BCUT2D eigenvalue weighted by Gasteiger charge is 1.85. The molecule has 9 heavy (non-hydrogen) atoms. The Bertz CT molecular complexity index is 400. The fraction of sp³-hybridized carbons (Fsp3) is 0. The van der Waals surface area contributed by atoms with Gasteiger partial charge in [0.2, 0.25) is 0 Å². The number of nitrogens with one attached hydrogen (secondary N) is 1. The van der Waals surface area contributed by atoms with Crippen LogP contribution in [0.2, 0.25) is 0 Å². The van der Waals surface area contributed by atoms with E-state index in [1.807, 2.05) is 0 Å². The van der Waals surface area contributed by atoms with Crippen LogP contribution in [0.4, 0.5) is 0 Å². The van der Waals surface area contributed by atoms with Gasteiger partial charge in [-0.15, -0.1) is 0 Å². The molecule has 2 heterocycles. The van der Waals surface area contributed by atoms with Crippen molar-refractivity contribution < 1.29 is 0 Å². The van der Waals surface area contributed by atoms with Crippen molar-refractivity contribution in [1.29, 1.82) is 0 Å². The minimum atomic E-state index is 0.689. The molecule has 0 spiro atoms. The zero-order valence-electron chi connectivity index (χ0n) is 4.55. The lowest BCUT2D eigenvalue weighted by Crippen LogP contribution is -2.23. The monoisotopic (exact) mass is 117 g/mol. The van der Waals surface area contributed by atoms with E-state index in [1.165, 1.54) is 0 Å². The van der Waals surface area contributed by atoms with Gasteiger partial charge < -0.3 is 4.98 Å². The van der Waals surface area contributed by atoms with Crippen molar-refractivity contribution >= 4 is 5.73 Å². The van der Waals surface area contributed by atoms with E-state index in [2.05, 4.69) is 26.4 Å². The minimum absolute atomic E-state index is 0.689. The Morgan fingerprint density at radius 2 is 2.56 bits per heavy atom. The Morgan fingerprint density at radius 1 is 1.56 bits per heavy atom. The average Bonchev–Trinajstić information content (AvgIpc) is 2.33. The molecule has 1 aromatic heterocycles. The van der Waals surface area contributed by atoms with Crippen molar-refractivity contribution in [2.45, 2.75) is 0 Å². The van der Waals surface area contributed by atoms with Crippen LogP contribution in [0, 0.1) is 0 Å². The van der Waals surface area contributed by atoms with Gasteiger partial charge in [0.05, 0.1) is 12.5 Å². The van der Waals surface area contributed by atoms with E-state index in [9.17, 15) is 0 Å². The second kappa shape index (κ2) is 1.46. The van der Waals surface area contributed by atoms with Crippen LogP contribution in [0.3, 0.4) is 0 Å². The second-order valence-electron chi connectivity index (χ2n) is 1.63. The number of rotatable bonds is 0. The summed E-state index contributed by atoms with van der Waals surface area (Å²) in [4.78, 5) is 10.7. The molecule has 3 nitrogen and oxygen atoms in total. The van der Waals surface area contributed by atoms with Gasteiger partial charge in [0.15, 0.2) is 5.49 Å². The van der Waals surface area contributed by atoms with Crippen LogP contribution in [0.25, 0.3) is 5.73 Å². The van der Waals surface area contributed by atoms with Crippen LogP contribution >= 0.6 is 0 Å². The van der Waals surface area contributed by atoms with Crippen LogP contribution in [0.1, 0.15) is 0 Å². The Kier molecular flexibility index (Phi) is 0.701. The zero-order chi connectivity index (χ0) is 6.10. The summed E-state index contributed by atoms with van der Waals surface area (Å²) in [5, 5.41) is 0.803. The number of H-pyrrole nitrogens is 1. The van der Waals surface area contributed by atoms with Crippen molar-refractivity contribution in [3.63, 3.8) is 0 Å². The standard InChI is InChI=1S/C6H3N3/c1-2-5-6(7-3-1)9-4-8-5/h3-4H,(H,7,8,9). The first-order valence-electron chi connectivity index (χ1n) is 2.54. The molecule has 0 amide bonds. The van der Waals surface area contributed by atoms with E-state index >= 15 is 0 Å². The SMILES string of the molecule is C1=C=c2[nH]cnc2=NC=1. The highest BCUT2D eigenvalue weighted by Crippen LogP contribution is 1.66. The summed E-state index contributed by atoms with van der Waals surface area (Å²) in [6.07, 6.45) is 3.13. The van der Waals surface area contributed by atoms with Crippen LogP contribution in [-0.4, -0.2) is 9.97 Å². The van der Waals surface area contributed by atoms with Gasteiger partial charge in [-0.05, 0) is 11.5 Å². The number of hydrogen-bond acceptors (Lipinski definition) is 2. The van der Waals surface area contributed by atoms with Crippen LogP contribution in [-0.2, 0) is 0 Å². The van der Waals surface area contributed by atoms with Crippen molar-refractivity contribution in [1.82, 2.24) is 9.97 Å². The molecule has 3 heteroatoms. The fourth-order valence-electron chi connectivity index (χ4n) is 0.675. The third-order valence-corrected chi connectivity index (χ3v) is 1.07. The zero-order valence-corrected chi connectivity index (χ0v) is 4.55. The number of hydrogen-bond donors (Lipinski definition) is 1. The molecule has 2 rings (SSSR count). The van der Waals surface area contributed by atoms with Crippen LogP contribution in [0.15, 0.2) is 23.3 Å². The lowest BCUT2D eigenvalue weighted by molar-refractivity contribution is 1.17. The number of nitrogens with zero attached hydrogens (tertiary/aromatic N) is 2. The van der Waals surface area contributed by atoms with Crippen LogP contribution in [0.5, 0.6) is 0 Å². The predicted octanol–water partition coefficient (Wildman–Crippen LogP) is -0.909. The number of imidazole rings is 1. The number of fused-ring (bicyclic) bond motifs is 1. The summed E-state index contributed by atoms with van der Waals surface area (Å²) in [5.74, 6) is 0. The number of aromatic nitrogens is 2. The van der Waals surface area contributed by atoms with Crippen molar-refractivity contribution in [3.05, 3.63) is 29.1 Å². The fourth-order valence-corrected chi connectivity index (χ4v) is 0.675. The van der Waals surface area contributed by atoms with Crippen molar-refractivity contribution in [3.8, 4) is 0 Å². The van der Waals surface area contributed by atoms with Gasteiger partial charge in [-0.25, -0.2) is 9.98 Å².